The van der Waals surface area contributed by atoms with E-state index in [0.29, 0.717) is 28.2 Å². The Hall–Kier alpha value is -5.73. The predicted octanol–water partition coefficient (Wildman–Crippen LogP) is 13.0. The Bertz CT molecular complexity index is 2690. The number of fused-ring (bicyclic) bond motifs is 6. The van der Waals surface area contributed by atoms with E-state index in [4.69, 9.17) is 6.57 Å². The molecule has 0 radical (unpaired) electrons. The van der Waals surface area contributed by atoms with Crippen LogP contribution < -0.4 is 0 Å². The molecule has 8 aromatic rings. The van der Waals surface area contributed by atoms with Crippen LogP contribution in [0.4, 0.5) is 14.5 Å². The third kappa shape index (κ3) is 4.90. The summed E-state index contributed by atoms with van der Waals surface area (Å²) >= 11 is 0. The zero-order valence-corrected chi connectivity index (χ0v) is 29.1. The number of aromatic nitrogens is 2. The maximum atomic E-state index is 14.9. The summed E-state index contributed by atoms with van der Waals surface area (Å²) in [5.41, 5.74) is 8.67. The zero-order valence-electron chi connectivity index (χ0n) is 29.1. The second kappa shape index (κ2) is 11.1. The van der Waals surface area contributed by atoms with Crippen molar-refractivity contribution in [3.05, 3.63) is 149 Å². The average Bonchev–Trinajstić information content (AvgIpc) is 3.58. The summed E-state index contributed by atoms with van der Waals surface area (Å²) in [5.74, 6) is -1.35. The molecule has 0 saturated carbocycles. The molecular weight excluding hydrogens is 621 g/mol. The minimum atomic E-state index is -0.673. The van der Waals surface area contributed by atoms with Crippen LogP contribution in [0.25, 0.3) is 71.0 Å². The largest absolute Gasteiger partial charge is 0.319 e. The molecule has 8 rings (SSSR count). The number of para-hydroxylation sites is 2. The summed E-state index contributed by atoms with van der Waals surface area (Å²) in [6, 6.07) is 36.9. The Morgan fingerprint density at radius 3 is 1.52 bits per heavy atom. The van der Waals surface area contributed by atoms with Crippen molar-refractivity contribution in [3.8, 4) is 22.5 Å². The fourth-order valence-corrected chi connectivity index (χ4v) is 7.41. The van der Waals surface area contributed by atoms with Gasteiger partial charge in [0.25, 0.3) is 0 Å². The molecule has 50 heavy (non-hydrogen) atoms. The van der Waals surface area contributed by atoms with Gasteiger partial charge in [-0.2, -0.15) is 0 Å². The first-order valence-corrected chi connectivity index (χ1v) is 16.9. The van der Waals surface area contributed by atoms with Crippen molar-refractivity contribution in [1.29, 1.82) is 0 Å². The number of benzene rings is 6. The smallest absolute Gasteiger partial charge is 0.234 e. The molecular formula is C45H37F2N3. The molecule has 0 spiro atoms. The van der Waals surface area contributed by atoms with Gasteiger partial charge in [0.2, 0.25) is 5.69 Å². The lowest BCUT2D eigenvalue weighted by atomic mass is 9.86. The normalized spacial score (nSPS) is 12.4. The van der Waals surface area contributed by atoms with E-state index in [1.807, 2.05) is 36.4 Å². The third-order valence-electron chi connectivity index (χ3n) is 9.96. The Morgan fingerprint density at radius 1 is 0.520 bits per heavy atom. The highest BCUT2D eigenvalue weighted by molar-refractivity contribution is 6.13. The van der Waals surface area contributed by atoms with Gasteiger partial charge in [-0.3, -0.25) is 0 Å². The van der Waals surface area contributed by atoms with E-state index in [2.05, 4.69) is 116 Å². The third-order valence-corrected chi connectivity index (χ3v) is 9.96. The van der Waals surface area contributed by atoms with Gasteiger partial charge in [-0.05, 0) is 87.7 Å². The van der Waals surface area contributed by atoms with Crippen LogP contribution in [-0.2, 0) is 10.8 Å². The molecule has 2 heterocycles. The van der Waals surface area contributed by atoms with Gasteiger partial charge in [0.15, 0.2) is 0 Å². The van der Waals surface area contributed by atoms with Crippen LogP contribution in [0.3, 0.4) is 0 Å². The van der Waals surface area contributed by atoms with E-state index in [9.17, 15) is 8.78 Å². The summed E-state index contributed by atoms with van der Waals surface area (Å²) in [4.78, 5) is 4.28. The number of halogens is 2. The van der Waals surface area contributed by atoms with Crippen LogP contribution in [-0.4, -0.2) is 9.13 Å². The molecule has 0 unspecified atom stereocenters. The van der Waals surface area contributed by atoms with Crippen LogP contribution in [0, 0.1) is 18.2 Å². The van der Waals surface area contributed by atoms with Crippen molar-refractivity contribution in [3.63, 3.8) is 0 Å². The molecule has 0 saturated heterocycles. The molecule has 0 aliphatic carbocycles. The summed E-state index contributed by atoms with van der Waals surface area (Å²) in [7, 11) is 0. The highest BCUT2D eigenvalue weighted by Crippen LogP contribution is 2.46. The molecule has 0 atom stereocenters. The second-order valence-corrected chi connectivity index (χ2v) is 15.3. The van der Waals surface area contributed by atoms with E-state index in [0.717, 1.165) is 49.7 Å². The number of hydrogen-bond acceptors (Lipinski definition) is 0. The standard InChI is InChI=1S/C45H37F2N3/c1-44(2,3)28-16-19-39-35(24-28)33-12-8-10-14-37(33)49(39)41-21-18-32(27-22-30(46)26-31(47)23-27)43(42(41)48-7)50-38-15-11-9-13-34(38)36-25-29(45(4,5)6)17-20-40(36)50/h8-26H,1-6H3. The van der Waals surface area contributed by atoms with Gasteiger partial charge in [0.1, 0.15) is 11.6 Å². The Kier molecular flexibility index (Phi) is 7.03. The highest BCUT2D eigenvalue weighted by atomic mass is 19.1. The lowest BCUT2D eigenvalue weighted by Gasteiger charge is -2.21. The van der Waals surface area contributed by atoms with Crippen molar-refractivity contribution < 1.29 is 8.78 Å². The Morgan fingerprint density at radius 2 is 1.00 bits per heavy atom. The average molecular weight is 658 g/mol. The first-order valence-electron chi connectivity index (χ1n) is 16.9. The van der Waals surface area contributed by atoms with Gasteiger partial charge in [-0.25, -0.2) is 13.6 Å². The van der Waals surface area contributed by atoms with Gasteiger partial charge in [0.05, 0.1) is 40.0 Å². The summed E-state index contributed by atoms with van der Waals surface area (Å²) in [6.07, 6.45) is 0. The van der Waals surface area contributed by atoms with Crippen LogP contribution in [0.5, 0.6) is 0 Å². The molecule has 6 aromatic carbocycles. The SMILES string of the molecule is [C-]#[N+]c1c(-n2c3ccccc3c3cc(C(C)(C)C)ccc32)ccc(-c2cc(F)cc(F)c2)c1-n1c2ccccc2c2cc(C(C)(C)C)ccc21. The molecule has 0 amide bonds. The number of hydrogen-bond donors (Lipinski definition) is 0. The molecule has 0 N–H and O–H groups in total. The summed E-state index contributed by atoms with van der Waals surface area (Å²) < 4.78 is 34.0. The monoisotopic (exact) mass is 657 g/mol. The number of rotatable bonds is 3. The van der Waals surface area contributed by atoms with E-state index in [1.54, 1.807) is 0 Å². The Labute approximate surface area is 290 Å². The first-order chi connectivity index (χ1) is 23.8. The van der Waals surface area contributed by atoms with Gasteiger partial charge < -0.3 is 9.13 Å². The van der Waals surface area contributed by atoms with Gasteiger partial charge >= 0.3 is 0 Å². The topological polar surface area (TPSA) is 14.2 Å². The maximum absolute atomic E-state index is 14.9. The lowest BCUT2D eigenvalue weighted by Crippen LogP contribution is -2.10. The van der Waals surface area contributed by atoms with E-state index < -0.39 is 11.6 Å². The van der Waals surface area contributed by atoms with Crippen molar-refractivity contribution in [2.45, 2.75) is 52.4 Å². The lowest BCUT2D eigenvalue weighted by molar-refractivity contribution is 0.584. The summed E-state index contributed by atoms with van der Waals surface area (Å²) in [6.45, 7) is 22.0. The highest BCUT2D eigenvalue weighted by Gasteiger charge is 2.26. The molecule has 5 heteroatoms. The molecule has 246 valence electrons. The van der Waals surface area contributed by atoms with Crippen LogP contribution in [0.1, 0.15) is 52.7 Å². The Balaban J connectivity index is 1.54. The van der Waals surface area contributed by atoms with E-state index in [1.165, 1.54) is 23.3 Å². The van der Waals surface area contributed by atoms with Crippen LogP contribution in [0.2, 0.25) is 0 Å². The number of nitrogens with zero attached hydrogens (tertiary/aromatic N) is 3. The fourth-order valence-electron chi connectivity index (χ4n) is 7.41. The van der Waals surface area contributed by atoms with Gasteiger partial charge in [0, 0.05) is 27.6 Å². The van der Waals surface area contributed by atoms with Crippen molar-refractivity contribution in [1.82, 2.24) is 9.13 Å². The molecule has 3 nitrogen and oxygen atoms in total. The van der Waals surface area contributed by atoms with Gasteiger partial charge in [-0.1, -0.05) is 96.1 Å². The van der Waals surface area contributed by atoms with Crippen LogP contribution >= 0.6 is 0 Å². The summed E-state index contributed by atoms with van der Waals surface area (Å²) in [5, 5.41) is 4.29. The fraction of sp³-hybridized carbons (Fsp3) is 0.178. The van der Waals surface area contributed by atoms with E-state index in [-0.39, 0.29) is 10.8 Å². The predicted molar refractivity (Wildman–Crippen MR) is 204 cm³/mol. The quantitative estimate of drug-likeness (QED) is 0.168. The molecule has 0 fully saturated rings. The van der Waals surface area contributed by atoms with Crippen molar-refractivity contribution in [2.24, 2.45) is 0 Å². The minimum Gasteiger partial charge on any atom is -0.319 e. The molecule has 0 aliphatic heterocycles. The van der Waals surface area contributed by atoms with Crippen LogP contribution in [0.15, 0.2) is 115 Å². The molecule has 2 aromatic heterocycles. The molecule has 0 bridgehead atoms. The second-order valence-electron chi connectivity index (χ2n) is 15.3. The maximum Gasteiger partial charge on any atom is 0.234 e. The minimum absolute atomic E-state index is 0.0441. The first kappa shape index (κ1) is 31.5. The zero-order chi connectivity index (χ0) is 35.1. The van der Waals surface area contributed by atoms with Crippen molar-refractivity contribution >= 4 is 49.3 Å². The van der Waals surface area contributed by atoms with E-state index >= 15 is 0 Å². The van der Waals surface area contributed by atoms with Crippen molar-refractivity contribution in [2.75, 3.05) is 0 Å². The molecule has 0 aliphatic rings. The van der Waals surface area contributed by atoms with Gasteiger partial charge in [-0.15, -0.1) is 0 Å².